The van der Waals surface area contributed by atoms with Gasteiger partial charge in [-0.25, -0.2) is 0 Å². The first-order valence-electron chi connectivity index (χ1n) is 7.33. The molecule has 1 atom stereocenters. The number of aromatic nitrogens is 2. The predicted octanol–water partition coefficient (Wildman–Crippen LogP) is 2.07. The quantitative estimate of drug-likeness (QED) is 0.926. The number of hydrogen-bond donors (Lipinski definition) is 1. The highest BCUT2D eigenvalue weighted by Crippen LogP contribution is 2.37. The van der Waals surface area contributed by atoms with Crippen LogP contribution in [0, 0.1) is 6.92 Å². The van der Waals surface area contributed by atoms with Crippen LogP contribution in [0.15, 0.2) is 28.8 Å². The largest absolute Gasteiger partial charge is 0.416 e. The fourth-order valence-electron chi connectivity index (χ4n) is 2.79. The zero-order valence-corrected chi connectivity index (χ0v) is 12.8. The van der Waals surface area contributed by atoms with E-state index in [0.717, 1.165) is 6.07 Å². The average Bonchev–Trinajstić information content (AvgIpc) is 2.92. The number of carbonyl (C=O) groups excluding carboxylic acids is 1. The summed E-state index contributed by atoms with van der Waals surface area (Å²) in [6.07, 6.45) is -4.54. The topological polar surface area (TPSA) is 71.3 Å². The van der Waals surface area contributed by atoms with Gasteiger partial charge in [0.1, 0.15) is 6.04 Å². The van der Waals surface area contributed by atoms with Gasteiger partial charge in [0.15, 0.2) is 5.82 Å². The van der Waals surface area contributed by atoms with Crippen LogP contribution in [-0.2, 0) is 17.5 Å². The van der Waals surface area contributed by atoms with Crippen LogP contribution in [-0.4, -0.2) is 34.0 Å². The third kappa shape index (κ3) is 3.25. The summed E-state index contributed by atoms with van der Waals surface area (Å²) in [6.45, 7) is 2.47. The lowest BCUT2D eigenvalue weighted by Crippen LogP contribution is -2.50. The van der Waals surface area contributed by atoms with Crippen molar-refractivity contribution in [2.45, 2.75) is 25.7 Å². The van der Waals surface area contributed by atoms with E-state index in [9.17, 15) is 18.0 Å². The van der Waals surface area contributed by atoms with Crippen LogP contribution in [0.4, 0.5) is 13.2 Å². The maximum absolute atomic E-state index is 13.3. The van der Waals surface area contributed by atoms with Crippen molar-refractivity contribution in [1.29, 1.82) is 0 Å². The molecule has 2 heterocycles. The molecule has 1 amide bonds. The molecule has 24 heavy (non-hydrogen) atoms. The lowest BCUT2D eigenvalue weighted by atomic mass is 9.96. The molecule has 2 aromatic rings. The Kier molecular flexibility index (Phi) is 4.27. The van der Waals surface area contributed by atoms with Crippen LogP contribution in [0.1, 0.15) is 28.9 Å². The summed E-state index contributed by atoms with van der Waals surface area (Å²) in [5, 5.41) is 6.28. The van der Waals surface area contributed by atoms with Crippen LogP contribution >= 0.6 is 0 Å². The minimum absolute atomic E-state index is 0.0848. The van der Waals surface area contributed by atoms with Crippen molar-refractivity contribution in [1.82, 2.24) is 20.4 Å². The van der Waals surface area contributed by atoms with E-state index in [2.05, 4.69) is 15.5 Å². The molecule has 0 spiro atoms. The van der Waals surface area contributed by atoms with E-state index in [1.807, 2.05) is 0 Å². The van der Waals surface area contributed by atoms with E-state index in [0.29, 0.717) is 18.9 Å². The van der Waals surface area contributed by atoms with Gasteiger partial charge in [-0.1, -0.05) is 23.4 Å². The maximum atomic E-state index is 13.3. The Balaban J connectivity index is 1.97. The number of aryl methyl sites for hydroxylation is 1. The summed E-state index contributed by atoms with van der Waals surface area (Å²) in [5.74, 6) is 0.213. The molecule has 1 N–H and O–H groups in total. The second-order valence-electron chi connectivity index (χ2n) is 5.48. The Bertz CT molecular complexity index is 744. The molecule has 3 rings (SSSR count). The monoisotopic (exact) mass is 340 g/mol. The van der Waals surface area contributed by atoms with E-state index in [4.69, 9.17) is 4.52 Å². The Labute approximate surface area is 135 Å². The van der Waals surface area contributed by atoms with Gasteiger partial charge in [0.2, 0.25) is 11.8 Å². The molecule has 0 bridgehead atoms. The Hall–Kier alpha value is -2.42. The molecule has 9 heteroatoms. The number of alkyl halides is 3. The maximum Gasteiger partial charge on any atom is 0.416 e. The molecule has 1 saturated heterocycles. The van der Waals surface area contributed by atoms with Crippen molar-refractivity contribution < 1.29 is 22.5 Å². The predicted molar refractivity (Wildman–Crippen MR) is 76.6 cm³/mol. The van der Waals surface area contributed by atoms with Gasteiger partial charge in [0.25, 0.3) is 0 Å². The average molecular weight is 340 g/mol. The van der Waals surface area contributed by atoms with Crippen molar-refractivity contribution in [3.63, 3.8) is 0 Å². The molecule has 128 valence electrons. The van der Waals surface area contributed by atoms with Crippen molar-refractivity contribution >= 4 is 5.91 Å². The van der Waals surface area contributed by atoms with Gasteiger partial charge in [0, 0.05) is 13.1 Å². The molecule has 1 fully saturated rings. The fraction of sp³-hybridized carbons (Fsp3) is 0.400. The highest BCUT2D eigenvalue weighted by molar-refractivity contribution is 5.84. The standard InChI is InChI=1S/C15H15F3N4O2/c1-9-20-12(24-21-9)8-22-7-6-19-14(23)13(22)10-4-2-3-5-11(10)15(16,17)18/h2-5,13H,6-8H2,1H3,(H,19,23)/t13-/m1/s1. The Morgan fingerprint density at radius 3 is 2.79 bits per heavy atom. The van der Waals surface area contributed by atoms with Gasteiger partial charge >= 0.3 is 6.18 Å². The molecular weight excluding hydrogens is 325 g/mol. The summed E-state index contributed by atoms with van der Waals surface area (Å²) in [4.78, 5) is 18.0. The second kappa shape index (κ2) is 6.23. The van der Waals surface area contributed by atoms with Crippen molar-refractivity contribution in [2.75, 3.05) is 13.1 Å². The zero-order chi connectivity index (χ0) is 17.3. The molecule has 0 radical (unpaired) electrons. The zero-order valence-electron chi connectivity index (χ0n) is 12.8. The van der Waals surface area contributed by atoms with E-state index in [-0.39, 0.29) is 18.0 Å². The first kappa shape index (κ1) is 16.4. The van der Waals surface area contributed by atoms with Crippen molar-refractivity contribution in [3.05, 3.63) is 47.1 Å². The summed E-state index contributed by atoms with van der Waals surface area (Å²) in [6, 6.07) is 4.03. The molecule has 6 nitrogen and oxygen atoms in total. The number of amides is 1. The van der Waals surface area contributed by atoms with Gasteiger partial charge in [-0.05, 0) is 18.6 Å². The highest BCUT2D eigenvalue weighted by atomic mass is 19.4. The van der Waals surface area contributed by atoms with Crippen molar-refractivity contribution in [3.8, 4) is 0 Å². The summed E-state index contributed by atoms with van der Waals surface area (Å²) in [7, 11) is 0. The number of rotatable bonds is 3. The fourth-order valence-corrected chi connectivity index (χ4v) is 2.79. The van der Waals surface area contributed by atoms with Crippen LogP contribution in [0.2, 0.25) is 0 Å². The molecule has 1 aliphatic heterocycles. The van der Waals surface area contributed by atoms with Gasteiger partial charge in [-0.2, -0.15) is 18.2 Å². The SMILES string of the molecule is Cc1noc(CN2CCNC(=O)[C@H]2c2ccccc2C(F)(F)F)n1. The number of benzene rings is 1. The number of hydrogen-bond acceptors (Lipinski definition) is 5. The van der Waals surface area contributed by atoms with Crippen LogP contribution in [0.25, 0.3) is 0 Å². The van der Waals surface area contributed by atoms with E-state index >= 15 is 0 Å². The van der Waals surface area contributed by atoms with Gasteiger partial charge < -0.3 is 9.84 Å². The van der Waals surface area contributed by atoms with Gasteiger partial charge in [0.05, 0.1) is 12.1 Å². The lowest BCUT2D eigenvalue weighted by Gasteiger charge is -2.35. The third-order valence-electron chi connectivity index (χ3n) is 3.78. The number of nitrogens with one attached hydrogen (secondary N) is 1. The van der Waals surface area contributed by atoms with Crippen LogP contribution < -0.4 is 5.32 Å². The summed E-state index contributed by atoms with van der Waals surface area (Å²) >= 11 is 0. The molecular formula is C15H15F3N4O2. The highest BCUT2D eigenvalue weighted by Gasteiger charge is 2.40. The van der Waals surface area contributed by atoms with Crippen LogP contribution in [0.5, 0.6) is 0 Å². The lowest BCUT2D eigenvalue weighted by molar-refractivity contribution is -0.140. The normalized spacial score (nSPS) is 19.3. The van der Waals surface area contributed by atoms with Gasteiger partial charge in [-0.15, -0.1) is 0 Å². The molecule has 0 saturated carbocycles. The van der Waals surface area contributed by atoms with E-state index < -0.39 is 23.7 Å². The van der Waals surface area contributed by atoms with Crippen LogP contribution in [0.3, 0.4) is 0 Å². The Morgan fingerprint density at radius 2 is 2.12 bits per heavy atom. The van der Waals surface area contributed by atoms with E-state index in [1.165, 1.54) is 18.2 Å². The number of halogens is 3. The molecule has 0 unspecified atom stereocenters. The number of carbonyl (C=O) groups is 1. The third-order valence-corrected chi connectivity index (χ3v) is 3.78. The summed E-state index contributed by atoms with van der Waals surface area (Å²) < 4.78 is 44.9. The first-order valence-corrected chi connectivity index (χ1v) is 7.33. The smallest absolute Gasteiger partial charge is 0.353 e. The number of nitrogens with zero attached hydrogens (tertiary/aromatic N) is 3. The minimum Gasteiger partial charge on any atom is -0.353 e. The molecule has 1 aromatic carbocycles. The minimum atomic E-state index is -4.54. The van der Waals surface area contributed by atoms with E-state index in [1.54, 1.807) is 11.8 Å². The second-order valence-corrected chi connectivity index (χ2v) is 5.48. The molecule has 1 aliphatic rings. The van der Waals surface area contributed by atoms with Crippen molar-refractivity contribution in [2.24, 2.45) is 0 Å². The number of piperazine rings is 1. The van der Waals surface area contributed by atoms with Gasteiger partial charge in [-0.3, -0.25) is 9.69 Å². The Morgan fingerprint density at radius 1 is 1.38 bits per heavy atom. The summed E-state index contributed by atoms with van der Waals surface area (Å²) in [5.41, 5.74) is -0.905. The first-order chi connectivity index (χ1) is 11.4. The molecule has 0 aliphatic carbocycles. The molecule has 1 aromatic heterocycles.